The number of rotatable bonds is 4. The van der Waals surface area contributed by atoms with Crippen LogP contribution in [0, 0.1) is 0 Å². The van der Waals surface area contributed by atoms with E-state index in [0.29, 0.717) is 6.42 Å². The fourth-order valence-corrected chi connectivity index (χ4v) is 1.43. The molecule has 0 aromatic heterocycles. The van der Waals surface area contributed by atoms with Gasteiger partial charge in [0.05, 0.1) is 0 Å². The standard InChI is InChI=1S/C10H14ClNO/c11-10-4-2-1-3-8(10)7-9(12)5-6-13/h1-4,9,13H,5-7,12H2. The summed E-state index contributed by atoms with van der Waals surface area (Å²) in [4.78, 5) is 0. The van der Waals surface area contributed by atoms with Gasteiger partial charge >= 0.3 is 0 Å². The van der Waals surface area contributed by atoms with Crippen LogP contribution < -0.4 is 5.73 Å². The minimum absolute atomic E-state index is 0.00935. The maximum Gasteiger partial charge on any atom is 0.0445 e. The number of aliphatic hydroxyl groups is 1. The lowest BCUT2D eigenvalue weighted by Crippen LogP contribution is -2.24. The predicted octanol–water partition coefficient (Wildman–Crippen LogP) is 1.59. The second kappa shape index (κ2) is 5.22. The van der Waals surface area contributed by atoms with Crippen molar-refractivity contribution in [2.75, 3.05) is 6.61 Å². The van der Waals surface area contributed by atoms with Crippen molar-refractivity contribution in [1.82, 2.24) is 0 Å². The van der Waals surface area contributed by atoms with E-state index in [9.17, 15) is 0 Å². The van der Waals surface area contributed by atoms with Gasteiger partial charge in [-0.2, -0.15) is 0 Å². The van der Waals surface area contributed by atoms with Gasteiger partial charge in [0.15, 0.2) is 0 Å². The molecule has 13 heavy (non-hydrogen) atoms. The highest BCUT2D eigenvalue weighted by Crippen LogP contribution is 2.16. The molecule has 0 fully saturated rings. The van der Waals surface area contributed by atoms with Crippen LogP contribution in [-0.2, 0) is 6.42 Å². The number of aliphatic hydroxyl groups excluding tert-OH is 1. The summed E-state index contributed by atoms with van der Waals surface area (Å²) >= 11 is 5.95. The zero-order valence-corrected chi connectivity index (χ0v) is 8.17. The third-order valence-electron chi connectivity index (χ3n) is 1.94. The van der Waals surface area contributed by atoms with Crippen molar-refractivity contribution < 1.29 is 5.11 Å². The van der Waals surface area contributed by atoms with E-state index in [1.165, 1.54) is 0 Å². The molecular formula is C10H14ClNO. The van der Waals surface area contributed by atoms with E-state index in [4.69, 9.17) is 22.4 Å². The highest BCUT2D eigenvalue weighted by molar-refractivity contribution is 6.31. The summed E-state index contributed by atoms with van der Waals surface area (Å²) in [5.41, 5.74) is 6.81. The maximum atomic E-state index is 8.67. The number of hydrogen-bond acceptors (Lipinski definition) is 2. The van der Waals surface area contributed by atoms with Gasteiger partial charge in [-0.1, -0.05) is 29.8 Å². The van der Waals surface area contributed by atoms with Gasteiger partial charge in [-0.3, -0.25) is 0 Å². The largest absolute Gasteiger partial charge is 0.396 e. The van der Waals surface area contributed by atoms with E-state index >= 15 is 0 Å². The Bertz CT molecular complexity index is 265. The molecule has 72 valence electrons. The molecule has 0 amide bonds. The van der Waals surface area contributed by atoms with Crippen LogP contribution in [0.1, 0.15) is 12.0 Å². The SMILES string of the molecule is NC(CCO)Cc1ccccc1Cl. The number of hydrogen-bond donors (Lipinski definition) is 2. The van der Waals surface area contributed by atoms with E-state index in [1.54, 1.807) is 0 Å². The summed E-state index contributed by atoms with van der Waals surface area (Å²) in [7, 11) is 0. The Balaban J connectivity index is 2.58. The van der Waals surface area contributed by atoms with Crippen molar-refractivity contribution in [3.63, 3.8) is 0 Å². The van der Waals surface area contributed by atoms with Crippen molar-refractivity contribution in [3.8, 4) is 0 Å². The Morgan fingerprint density at radius 3 is 2.69 bits per heavy atom. The summed E-state index contributed by atoms with van der Waals surface area (Å²) in [6.45, 7) is 0.131. The average molecular weight is 200 g/mol. The molecule has 1 aromatic carbocycles. The molecule has 2 nitrogen and oxygen atoms in total. The number of benzene rings is 1. The minimum atomic E-state index is -0.00935. The van der Waals surface area contributed by atoms with Gasteiger partial charge in [-0.15, -0.1) is 0 Å². The summed E-state index contributed by atoms with van der Waals surface area (Å²) in [6.07, 6.45) is 1.34. The third-order valence-corrected chi connectivity index (χ3v) is 2.31. The molecule has 1 atom stereocenters. The monoisotopic (exact) mass is 199 g/mol. The Morgan fingerprint density at radius 1 is 1.38 bits per heavy atom. The van der Waals surface area contributed by atoms with Crippen LogP contribution in [-0.4, -0.2) is 17.8 Å². The Labute approximate surface area is 83.3 Å². The van der Waals surface area contributed by atoms with Crippen LogP contribution in [0.15, 0.2) is 24.3 Å². The maximum absolute atomic E-state index is 8.67. The topological polar surface area (TPSA) is 46.2 Å². The number of nitrogens with two attached hydrogens (primary N) is 1. The lowest BCUT2D eigenvalue weighted by atomic mass is 10.0. The molecule has 1 unspecified atom stereocenters. The molecule has 0 saturated heterocycles. The fraction of sp³-hybridized carbons (Fsp3) is 0.400. The highest BCUT2D eigenvalue weighted by Gasteiger charge is 2.05. The van der Waals surface area contributed by atoms with Crippen LogP contribution in [0.25, 0.3) is 0 Å². The van der Waals surface area contributed by atoms with Crippen LogP contribution in [0.4, 0.5) is 0 Å². The van der Waals surface area contributed by atoms with Gasteiger partial charge in [0.2, 0.25) is 0 Å². The first-order valence-electron chi connectivity index (χ1n) is 4.34. The molecule has 0 heterocycles. The first-order chi connectivity index (χ1) is 6.24. The van der Waals surface area contributed by atoms with Crippen LogP contribution >= 0.6 is 11.6 Å². The summed E-state index contributed by atoms with van der Waals surface area (Å²) in [5.74, 6) is 0. The van der Waals surface area contributed by atoms with Crippen LogP contribution in [0.2, 0.25) is 5.02 Å². The fourth-order valence-electron chi connectivity index (χ4n) is 1.21. The average Bonchev–Trinajstić information content (AvgIpc) is 2.09. The molecule has 0 aliphatic heterocycles. The van der Waals surface area contributed by atoms with Crippen molar-refractivity contribution in [3.05, 3.63) is 34.9 Å². The molecule has 0 saturated carbocycles. The van der Waals surface area contributed by atoms with E-state index in [1.807, 2.05) is 24.3 Å². The molecule has 0 spiro atoms. The molecule has 3 heteroatoms. The molecule has 0 radical (unpaired) electrons. The van der Waals surface area contributed by atoms with E-state index in [0.717, 1.165) is 17.0 Å². The normalized spacial score (nSPS) is 12.8. The zero-order chi connectivity index (χ0) is 9.68. The van der Waals surface area contributed by atoms with Crippen molar-refractivity contribution in [1.29, 1.82) is 0 Å². The molecular weight excluding hydrogens is 186 g/mol. The van der Waals surface area contributed by atoms with E-state index < -0.39 is 0 Å². The molecule has 3 N–H and O–H groups in total. The van der Waals surface area contributed by atoms with Crippen LogP contribution in [0.3, 0.4) is 0 Å². The van der Waals surface area contributed by atoms with Gasteiger partial charge in [-0.25, -0.2) is 0 Å². The summed E-state index contributed by atoms with van der Waals surface area (Å²) in [6, 6.07) is 7.63. The molecule has 0 aliphatic carbocycles. The highest BCUT2D eigenvalue weighted by atomic mass is 35.5. The Hall–Kier alpha value is -0.570. The van der Waals surface area contributed by atoms with E-state index in [-0.39, 0.29) is 12.6 Å². The van der Waals surface area contributed by atoms with Gasteiger partial charge in [0.25, 0.3) is 0 Å². The third kappa shape index (κ3) is 3.35. The van der Waals surface area contributed by atoms with Gasteiger partial charge in [0, 0.05) is 17.7 Å². The molecule has 0 bridgehead atoms. The van der Waals surface area contributed by atoms with Crippen LogP contribution in [0.5, 0.6) is 0 Å². The molecule has 1 aromatic rings. The van der Waals surface area contributed by atoms with Gasteiger partial charge < -0.3 is 10.8 Å². The van der Waals surface area contributed by atoms with Crippen molar-refractivity contribution in [2.45, 2.75) is 18.9 Å². The first kappa shape index (κ1) is 10.5. The summed E-state index contributed by atoms with van der Waals surface area (Å²) < 4.78 is 0. The predicted molar refractivity (Wildman–Crippen MR) is 54.8 cm³/mol. The second-order valence-electron chi connectivity index (χ2n) is 3.07. The van der Waals surface area contributed by atoms with Gasteiger partial charge in [-0.05, 0) is 24.5 Å². The lowest BCUT2D eigenvalue weighted by Gasteiger charge is -2.10. The first-order valence-corrected chi connectivity index (χ1v) is 4.71. The van der Waals surface area contributed by atoms with E-state index in [2.05, 4.69) is 0 Å². The molecule has 1 rings (SSSR count). The smallest absolute Gasteiger partial charge is 0.0445 e. The Morgan fingerprint density at radius 2 is 2.08 bits per heavy atom. The summed E-state index contributed by atoms with van der Waals surface area (Å²) in [5, 5.41) is 9.42. The van der Waals surface area contributed by atoms with Gasteiger partial charge in [0.1, 0.15) is 0 Å². The second-order valence-corrected chi connectivity index (χ2v) is 3.48. The van der Waals surface area contributed by atoms with Crippen molar-refractivity contribution in [2.24, 2.45) is 5.73 Å². The zero-order valence-electron chi connectivity index (χ0n) is 7.41. The van der Waals surface area contributed by atoms with Crippen molar-refractivity contribution >= 4 is 11.6 Å². The minimum Gasteiger partial charge on any atom is -0.396 e. The lowest BCUT2D eigenvalue weighted by molar-refractivity contribution is 0.275. The Kier molecular flexibility index (Phi) is 4.22. The quantitative estimate of drug-likeness (QED) is 0.774. The number of halogens is 1. The molecule has 0 aliphatic rings.